The van der Waals surface area contributed by atoms with Gasteiger partial charge in [0.25, 0.3) is 0 Å². The summed E-state index contributed by atoms with van der Waals surface area (Å²) in [6.07, 6.45) is 1.53. The van der Waals surface area contributed by atoms with E-state index in [4.69, 9.17) is 23.2 Å². The first-order valence-corrected chi connectivity index (χ1v) is 7.48. The number of halogens is 3. The zero-order valence-corrected chi connectivity index (χ0v) is 13.6. The van der Waals surface area contributed by atoms with Crippen molar-refractivity contribution < 1.29 is 0 Å². The lowest BCUT2D eigenvalue weighted by molar-refractivity contribution is 0.785. The van der Waals surface area contributed by atoms with Crippen molar-refractivity contribution in [3.8, 4) is 17.1 Å². The molecule has 0 spiro atoms. The molecule has 100 valence electrons. The third kappa shape index (κ3) is 2.53. The number of pyridine rings is 1. The highest BCUT2D eigenvalue weighted by molar-refractivity contribution is 14.1. The van der Waals surface area contributed by atoms with Crippen LogP contribution in [0.3, 0.4) is 0 Å². The van der Waals surface area contributed by atoms with E-state index >= 15 is 0 Å². The minimum Gasteiger partial charge on any atom is -0.234 e. The third-order valence-corrected chi connectivity index (χ3v) is 3.88. The van der Waals surface area contributed by atoms with E-state index in [9.17, 15) is 0 Å². The molecule has 0 amide bonds. The van der Waals surface area contributed by atoms with Crippen LogP contribution in [0, 0.1) is 3.70 Å². The summed E-state index contributed by atoms with van der Waals surface area (Å²) in [6, 6.07) is 11.5. The number of aromatic nitrogens is 4. The maximum atomic E-state index is 6.19. The Morgan fingerprint density at radius 1 is 1.10 bits per heavy atom. The van der Waals surface area contributed by atoms with Gasteiger partial charge in [-0.15, -0.1) is 5.10 Å². The Labute approximate surface area is 138 Å². The van der Waals surface area contributed by atoms with Crippen LogP contribution in [0.25, 0.3) is 17.1 Å². The number of hydrogen-bond acceptors (Lipinski definition) is 3. The fourth-order valence-electron chi connectivity index (χ4n) is 1.81. The van der Waals surface area contributed by atoms with Crippen LogP contribution < -0.4 is 0 Å². The summed E-state index contributed by atoms with van der Waals surface area (Å²) < 4.78 is 2.40. The zero-order valence-electron chi connectivity index (χ0n) is 9.96. The summed E-state index contributed by atoms with van der Waals surface area (Å²) in [5.74, 6) is 0.505. The standard InChI is InChI=1S/C13H7Cl2IN4/c14-9-6-10(15)13(17-7-9)20-11(12(16)18-19-20)8-4-2-1-3-5-8/h1-7H. The average Bonchev–Trinajstić information content (AvgIpc) is 2.81. The summed E-state index contributed by atoms with van der Waals surface area (Å²) >= 11 is 14.2. The number of benzene rings is 1. The number of rotatable bonds is 2. The molecule has 2 heterocycles. The van der Waals surface area contributed by atoms with Crippen molar-refractivity contribution in [2.45, 2.75) is 0 Å². The first-order chi connectivity index (χ1) is 9.66. The first kappa shape index (κ1) is 13.8. The molecule has 0 atom stereocenters. The SMILES string of the molecule is Clc1cnc(-n2nnc(I)c2-c2ccccc2)c(Cl)c1. The van der Waals surface area contributed by atoms with Gasteiger partial charge in [-0.2, -0.15) is 4.68 Å². The molecule has 4 nitrogen and oxygen atoms in total. The van der Waals surface area contributed by atoms with Crippen molar-refractivity contribution in [3.63, 3.8) is 0 Å². The van der Waals surface area contributed by atoms with E-state index in [0.29, 0.717) is 15.9 Å². The summed E-state index contributed by atoms with van der Waals surface area (Å²) in [5.41, 5.74) is 1.85. The molecule has 20 heavy (non-hydrogen) atoms. The molecular weight excluding hydrogens is 410 g/mol. The molecule has 7 heteroatoms. The van der Waals surface area contributed by atoms with Gasteiger partial charge in [0.1, 0.15) is 5.69 Å². The van der Waals surface area contributed by atoms with Crippen LogP contribution in [0.1, 0.15) is 0 Å². The van der Waals surface area contributed by atoms with E-state index in [0.717, 1.165) is 15.0 Å². The maximum absolute atomic E-state index is 6.19. The van der Waals surface area contributed by atoms with Gasteiger partial charge in [0.2, 0.25) is 0 Å². The van der Waals surface area contributed by atoms with E-state index in [-0.39, 0.29) is 0 Å². The Balaban J connectivity index is 2.21. The predicted molar refractivity (Wildman–Crippen MR) is 87.3 cm³/mol. The third-order valence-electron chi connectivity index (χ3n) is 2.67. The Bertz CT molecular complexity index is 758. The Morgan fingerprint density at radius 2 is 1.85 bits per heavy atom. The van der Waals surface area contributed by atoms with Crippen molar-refractivity contribution >= 4 is 45.8 Å². The molecule has 0 aliphatic rings. The minimum absolute atomic E-state index is 0.427. The van der Waals surface area contributed by atoms with Gasteiger partial charge in [0.15, 0.2) is 9.52 Å². The molecule has 0 unspecified atom stereocenters. The number of nitrogens with zero attached hydrogens (tertiary/aromatic N) is 4. The van der Waals surface area contributed by atoms with E-state index in [1.54, 1.807) is 10.7 Å². The highest BCUT2D eigenvalue weighted by Gasteiger charge is 2.17. The smallest absolute Gasteiger partial charge is 0.174 e. The molecule has 3 aromatic rings. The highest BCUT2D eigenvalue weighted by Crippen LogP contribution is 2.29. The fraction of sp³-hybridized carbons (Fsp3) is 0. The maximum Gasteiger partial charge on any atom is 0.174 e. The lowest BCUT2D eigenvalue weighted by atomic mass is 10.2. The molecular formula is C13H7Cl2IN4. The van der Waals surface area contributed by atoms with Gasteiger partial charge in [-0.1, -0.05) is 58.7 Å². The second-order valence-corrected chi connectivity index (χ2v) is 5.83. The number of hydrogen-bond donors (Lipinski definition) is 0. The van der Waals surface area contributed by atoms with E-state index in [1.165, 1.54) is 6.20 Å². The molecule has 0 aliphatic heterocycles. The predicted octanol–water partition coefficient (Wildman–Crippen LogP) is 4.24. The van der Waals surface area contributed by atoms with Gasteiger partial charge in [0.05, 0.1) is 10.0 Å². The van der Waals surface area contributed by atoms with Crippen LogP contribution in [0.5, 0.6) is 0 Å². The van der Waals surface area contributed by atoms with Crippen LogP contribution >= 0.6 is 45.8 Å². The molecule has 0 fully saturated rings. The monoisotopic (exact) mass is 416 g/mol. The molecule has 0 aliphatic carbocycles. The molecule has 0 bridgehead atoms. The molecule has 0 saturated heterocycles. The van der Waals surface area contributed by atoms with Crippen LogP contribution in [-0.4, -0.2) is 20.0 Å². The van der Waals surface area contributed by atoms with E-state index in [1.807, 2.05) is 30.3 Å². The van der Waals surface area contributed by atoms with Crippen LogP contribution in [-0.2, 0) is 0 Å². The lowest BCUT2D eigenvalue weighted by Crippen LogP contribution is -2.03. The summed E-state index contributed by atoms with van der Waals surface area (Å²) in [4.78, 5) is 4.24. The fourth-order valence-corrected chi connectivity index (χ4v) is 2.91. The van der Waals surface area contributed by atoms with Crippen molar-refractivity contribution in [1.29, 1.82) is 0 Å². The Hall–Kier alpha value is -1.18. The molecule has 1 aromatic carbocycles. The molecule has 2 aromatic heterocycles. The van der Waals surface area contributed by atoms with E-state index < -0.39 is 0 Å². The van der Waals surface area contributed by atoms with Gasteiger partial charge >= 0.3 is 0 Å². The van der Waals surface area contributed by atoms with Crippen LogP contribution in [0.2, 0.25) is 10.0 Å². The quantitative estimate of drug-likeness (QED) is 0.587. The van der Waals surface area contributed by atoms with Gasteiger partial charge in [0, 0.05) is 11.8 Å². The second-order valence-electron chi connectivity index (χ2n) is 3.97. The topological polar surface area (TPSA) is 43.6 Å². The minimum atomic E-state index is 0.427. The van der Waals surface area contributed by atoms with Gasteiger partial charge in [-0.3, -0.25) is 0 Å². The molecule has 0 N–H and O–H groups in total. The second kappa shape index (κ2) is 5.67. The van der Waals surface area contributed by atoms with E-state index in [2.05, 4.69) is 37.9 Å². The van der Waals surface area contributed by atoms with Gasteiger partial charge in [-0.05, 0) is 28.7 Å². The van der Waals surface area contributed by atoms with Crippen molar-refractivity contribution in [3.05, 3.63) is 56.3 Å². The van der Waals surface area contributed by atoms with Gasteiger partial charge < -0.3 is 0 Å². The molecule has 0 radical (unpaired) electrons. The average molecular weight is 417 g/mol. The molecule has 3 rings (SSSR count). The zero-order chi connectivity index (χ0) is 14.1. The first-order valence-electron chi connectivity index (χ1n) is 5.65. The van der Waals surface area contributed by atoms with Crippen molar-refractivity contribution in [2.24, 2.45) is 0 Å². The normalized spacial score (nSPS) is 10.8. The lowest BCUT2D eigenvalue weighted by Gasteiger charge is -2.07. The highest BCUT2D eigenvalue weighted by atomic mass is 127. The van der Waals surface area contributed by atoms with Crippen LogP contribution in [0.15, 0.2) is 42.6 Å². The van der Waals surface area contributed by atoms with Crippen LogP contribution in [0.4, 0.5) is 0 Å². The summed E-state index contributed by atoms with van der Waals surface area (Å²) in [5, 5.41) is 9.13. The Kier molecular flexibility index (Phi) is 3.91. The molecule has 0 saturated carbocycles. The van der Waals surface area contributed by atoms with Crippen molar-refractivity contribution in [1.82, 2.24) is 20.0 Å². The van der Waals surface area contributed by atoms with Crippen molar-refractivity contribution in [2.75, 3.05) is 0 Å². The largest absolute Gasteiger partial charge is 0.234 e. The summed E-state index contributed by atoms with van der Waals surface area (Å²) in [7, 11) is 0. The summed E-state index contributed by atoms with van der Waals surface area (Å²) in [6.45, 7) is 0. The Morgan fingerprint density at radius 3 is 2.55 bits per heavy atom. The van der Waals surface area contributed by atoms with Gasteiger partial charge in [-0.25, -0.2) is 4.98 Å².